The molecule has 0 aromatic carbocycles. The standard InChI is InChI=1S/C18H38N2O4Si2/c1-17(2,3)25(7,8)23-11-13-15(21)20-14(16(22)19-13)12-24-26(9,10)18(4,5)6/h13-14H,11-12H2,1-10H3,(H,19,22)(H,20,21)/t13-,14-/m1/s1. The Balaban J connectivity index is 2.63. The molecule has 8 heteroatoms. The normalized spacial score (nSPS) is 22.8. The summed E-state index contributed by atoms with van der Waals surface area (Å²) < 4.78 is 12.2. The maximum Gasteiger partial charge on any atom is 0.245 e. The smallest absolute Gasteiger partial charge is 0.245 e. The third-order valence-electron chi connectivity index (χ3n) is 6.10. The predicted molar refractivity (Wildman–Crippen MR) is 110 cm³/mol. The van der Waals surface area contributed by atoms with Crippen LogP contribution in [0.25, 0.3) is 0 Å². The highest BCUT2D eigenvalue weighted by atomic mass is 28.4. The second-order valence-corrected chi connectivity index (χ2v) is 19.9. The first-order chi connectivity index (χ1) is 11.5. The molecule has 26 heavy (non-hydrogen) atoms. The van der Waals surface area contributed by atoms with Gasteiger partial charge >= 0.3 is 0 Å². The zero-order valence-electron chi connectivity index (χ0n) is 18.2. The molecule has 1 rings (SSSR count). The Labute approximate surface area is 161 Å². The summed E-state index contributed by atoms with van der Waals surface area (Å²) in [5.41, 5.74) is 0. The molecule has 0 aliphatic carbocycles. The van der Waals surface area contributed by atoms with Gasteiger partial charge in [-0.05, 0) is 36.3 Å². The summed E-state index contributed by atoms with van der Waals surface area (Å²) in [5, 5.41) is 5.71. The van der Waals surface area contributed by atoms with Gasteiger partial charge in [-0.2, -0.15) is 0 Å². The molecule has 1 aliphatic heterocycles. The largest absolute Gasteiger partial charge is 0.414 e. The second-order valence-electron chi connectivity index (χ2n) is 10.3. The molecule has 2 N–H and O–H groups in total. The molecule has 152 valence electrons. The zero-order chi connectivity index (χ0) is 20.6. The molecule has 0 aromatic heterocycles. The fourth-order valence-electron chi connectivity index (χ4n) is 1.93. The van der Waals surface area contributed by atoms with E-state index in [0.29, 0.717) is 0 Å². The van der Waals surface area contributed by atoms with Gasteiger partial charge in [0.25, 0.3) is 0 Å². The van der Waals surface area contributed by atoms with E-state index in [2.05, 4.69) is 78.4 Å². The van der Waals surface area contributed by atoms with Crippen molar-refractivity contribution < 1.29 is 18.4 Å². The van der Waals surface area contributed by atoms with E-state index in [-0.39, 0.29) is 35.1 Å². The third kappa shape index (κ3) is 5.64. The van der Waals surface area contributed by atoms with E-state index in [0.717, 1.165) is 0 Å². The van der Waals surface area contributed by atoms with Gasteiger partial charge in [-0.1, -0.05) is 41.5 Å². The van der Waals surface area contributed by atoms with Crippen LogP contribution in [0.2, 0.25) is 36.3 Å². The Morgan fingerprint density at radius 2 is 1.00 bits per heavy atom. The Bertz CT molecular complexity index is 488. The Hall–Kier alpha value is -0.706. The fourth-order valence-corrected chi connectivity index (χ4v) is 3.96. The van der Waals surface area contributed by atoms with Gasteiger partial charge in [-0.25, -0.2) is 0 Å². The van der Waals surface area contributed by atoms with E-state index in [1.807, 2.05) is 0 Å². The van der Waals surface area contributed by atoms with E-state index >= 15 is 0 Å². The molecule has 0 aromatic rings. The molecule has 2 atom stereocenters. The van der Waals surface area contributed by atoms with Gasteiger partial charge in [0.05, 0.1) is 13.2 Å². The van der Waals surface area contributed by atoms with E-state index in [1.54, 1.807) is 0 Å². The number of rotatable bonds is 6. The monoisotopic (exact) mass is 402 g/mol. The van der Waals surface area contributed by atoms with Crippen molar-refractivity contribution in [2.45, 2.75) is 89.9 Å². The maximum absolute atomic E-state index is 12.4. The summed E-state index contributed by atoms with van der Waals surface area (Å²) in [6, 6.07) is -1.28. The number of carbonyl (C=O) groups is 2. The minimum Gasteiger partial charge on any atom is -0.414 e. The molecule has 6 nitrogen and oxygen atoms in total. The molecule has 0 saturated carbocycles. The van der Waals surface area contributed by atoms with Crippen LogP contribution in [0, 0.1) is 0 Å². The highest BCUT2D eigenvalue weighted by molar-refractivity contribution is 6.74. The third-order valence-corrected chi connectivity index (χ3v) is 15.1. The number of amides is 2. The van der Waals surface area contributed by atoms with E-state index < -0.39 is 28.7 Å². The van der Waals surface area contributed by atoms with Crippen LogP contribution in [0.4, 0.5) is 0 Å². The van der Waals surface area contributed by atoms with Crippen molar-refractivity contribution in [3.63, 3.8) is 0 Å². The highest BCUT2D eigenvalue weighted by Crippen LogP contribution is 2.37. The topological polar surface area (TPSA) is 76.7 Å². The van der Waals surface area contributed by atoms with Crippen LogP contribution in [0.5, 0.6) is 0 Å². The summed E-state index contributed by atoms with van der Waals surface area (Å²) in [5.74, 6) is -0.403. The SMILES string of the molecule is CC(C)(C)[Si](C)(C)OC[C@H]1NC(=O)[C@@H](CO[Si](C)(C)C(C)(C)C)NC1=O. The summed E-state index contributed by atoms with van der Waals surface area (Å²) in [6.07, 6.45) is 0. The van der Waals surface area contributed by atoms with Crippen LogP contribution in [0.15, 0.2) is 0 Å². The van der Waals surface area contributed by atoms with Gasteiger partial charge < -0.3 is 19.5 Å². The zero-order valence-corrected chi connectivity index (χ0v) is 20.2. The predicted octanol–water partition coefficient (Wildman–Crippen LogP) is 3.01. The minimum absolute atomic E-state index is 0.0572. The first kappa shape index (κ1) is 23.3. The van der Waals surface area contributed by atoms with Crippen LogP contribution >= 0.6 is 0 Å². The van der Waals surface area contributed by atoms with Crippen molar-refractivity contribution in [2.75, 3.05) is 13.2 Å². The lowest BCUT2D eigenvalue weighted by Crippen LogP contribution is -2.65. The molecular weight excluding hydrogens is 364 g/mol. The van der Waals surface area contributed by atoms with Gasteiger partial charge in [-0.3, -0.25) is 9.59 Å². The van der Waals surface area contributed by atoms with Crippen molar-refractivity contribution in [3.05, 3.63) is 0 Å². The van der Waals surface area contributed by atoms with Gasteiger partial charge in [0.15, 0.2) is 16.6 Å². The molecule has 0 radical (unpaired) electrons. The molecule has 1 saturated heterocycles. The fraction of sp³-hybridized carbons (Fsp3) is 0.889. The van der Waals surface area contributed by atoms with Crippen molar-refractivity contribution in [3.8, 4) is 0 Å². The lowest BCUT2D eigenvalue weighted by Gasteiger charge is -2.39. The molecule has 1 heterocycles. The summed E-state index contributed by atoms with van der Waals surface area (Å²) >= 11 is 0. The Morgan fingerprint density at radius 1 is 0.731 bits per heavy atom. The van der Waals surface area contributed by atoms with Crippen LogP contribution in [-0.2, 0) is 18.4 Å². The number of carbonyl (C=O) groups excluding carboxylic acids is 2. The highest BCUT2D eigenvalue weighted by Gasteiger charge is 2.42. The van der Waals surface area contributed by atoms with Crippen LogP contribution in [0.1, 0.15) is 41.5 Å². The van der Waals surface area contributed by atoms with Crippen LogP contribution in [0.3, 0.4) is 0 Å². The molecule has 0 unspecified atom stereocenters. The van der Waals surface area contributed by atoms with E-state index in [9.17, 15) is 9.59 Å². The quantitative estimate of drug-likeness (QED) is 0.670. The van der Waals surface area contributed by atoms with Gasteiger partial charge in [0, 0.05) is 0 Å². The van der Waals surface area contributed by atoms with E-state index in [1.165, 1.54) is 0 Å². The number of nitrogens with one attached hydrogen (secondary N) is 2. The maximum atomic E-state index is 12.4. The summed E-state index contributed by atoms with van der Waals surface area (Å²) in [4.78, 5) is 24.8. The average molecular weight is 403 g/mol. The van der Waals surface area contributed by atoms with Crippen molar-refractivity contribution in [1.82, 2.24) is 10.6 Å². The van der Waals surface area contributed by atoms with Gasteiger partial charge in [0.1, 0.15) is 12.1 Å². The number of piperazine rings is 1. The van der Waals surface area contributed by atoms with Crippen molar-refractivity contribution >= 4 is 28.4 Å². The minimum atomic E-state index is -1.97. The van der Waals surface area contributed by atoms with E-state index in [4.69, 9.17) is 8.85 Å². The molecule has 1 aliphatic rings. The Kier molecular flexibility index (Phi) is 6.94. The molecular formula is C18H38N2O4Si2. The Morgan fingerprint density at radius 3 is 1.23 bits per heavy atom. The molecule has 0 bridgehead atoms. The summed E-state index contributed by atoms with van der Waals surface area (Å²) in [7, 11) is -3.94. The number of hydrogen-bond acceptors (Lipinski definition) is 4. The van der Waals surface area contributed by atoms with Gasteiger partial charge in [-0.15, -0.1) is 0 Å². The molecule has 0 spiro atoms. The second kappa shape index (κ2) is 7.73. The van der Waals surface area contributed by atoms with Crippen molar-refractivity contribution in [2.24, 2.45) is 0 Å². The van der Waals surface area contributed by atoms with Crippen LogP contribution in [-0.4, -0.2) is 53.7 Å². The average Bonchev–Trinajstić information content (AvgIpc) is 2.44. The molecule has 1 fully saturated rings. The lowest BCUT2D eigenvalue weighted by atomic mass is 10.1. The molecule has 2 amide bonds. The first-order valence-corrected chi connectivity index (χ1v) is 15.2. The van der Waals surface area contributed by atoms with Crippen LogP contribution < -0.4 is 10.6 Å². The summed E-state index contributed by atoms with van der Waals surface area (Å²) in [6.45, 7) is 21.8. The first-order valence-electron chi connectivity index (χ1n) is 9.37. The lowest BCUT2D eigenvalue weighted by molar-refractivity contribution is -0.138. The van der Waals surface area contributed by atoms with Crippen molar-refractivity contribution in [1.29, 1.82) is 0 Å². The van der Waals surface area contributed by atoms with Gasteiger partial charge in [0.2, 0.25) is 11.8 Å². The number of hydrogen-bond donors (Lipinski definition) is 2.